The van der Waals surface area contributed by atoms with E-state index in [1.807, 2.05) is 18.7 Å². The summed E-state index contributed by atoms with van der Waals surface area (Å²) >= 11 is 1.96. The lowest BCUT2D eigenvalue weighted by molar-refractivity contribution is -0.140. The average Bonchev–Trinajstić information content (AvgIpc) is 3.03. The summed E-state index contributed by atoms with van der Waals surface area (Å²) in [5.41, 5.74) is 0. The number of aliphatic imine (C=N–C) groups is 1. The number of methoxy groups -OCH3 is 1. The molecule has 4 atom stereocenters. The first-order chi connectivity index (χ1) is 10.1. The number of unbranched alkanes of at least 4 members (excludes halogenated alkanes) is 1. The molecule has 2 aliphatic heterocycles. The molecule has 2 aliphatic rings. The van der Waals surface area contributed by atoms with Gasteiger partial charge in [-0.15, -0.1) is 0 Å². The number of carbonyl (C=O) groups is 1. The molecule has 0 bridgehead atoms. The molecule has 118 valence electrons. The Balaban J connectivity index is 1.75. The van der Waals surface area contributed by atoms with Gasteiger partial charge in [-0.25, -0.2) is 4.99 Å². The van der Waals surface area contributed by atoms with Crippen molar-refractivity contribution in [1.29, 1.82) is 0 Å². The molecule has 0 aromatic carbocycles. The molecular formula is C15H24N2O3S. The smallest absolute Gasteiger partial charge is 0.305 e. The molecule has 0 amide bonds. The zero-order valence-electron chi connectivity index (χ0n) is 12.7. The van der Waals surface area contributed by atoms with Crippen LogP contribution in [0.2, 0.25) is 0 Å². The lowest BCUT2D eigenvalue weighted by atomic mass is 10.0. The lowest BCUT2D eigenvalue weighted by Crippen LogP contribution is -2.36. The standard InChI is InChI=1S/C15H24N2O3S/c1-4-10(2)20-15-16-11-9-21-12(14(11)17-15)7-5-6-8-13(18)19-3/h4,10-12,14H,1,5-9H2,2-3H3,(H,16,17)/t10?,11-,12-,14-/m0/s1. The van der Waals surface area contributed by atoms with Crippen LogP contribution in [0.5, 0.6) is 0 Å². The number of rotatable bonds is 7. The monoisotopic (exact) mass is 312 g/mol. The van der Waals surface area contributed by atoms with Gasteiger partial charge in [0.2, 0.25) is 0 Å². The normalized spacial score (nSPS) is 28.3. The third-order valence-corrected chi connectivity index (χ3v) is 5.33. The van der Waals surface area contributed by atoms with E-state index in [2.05, 4.69) is 21.6 Å². The first kappa shape index (κ1) is 16.2. The van der Waals surface area contributed by atoms with Gasteiger partial charge in [0.15, 0.2) is 0 Å². The number of hydrogen-bond acceptors (Lipinski definition) is 6. The second-order valence-corrected chi connectivity index (χ2v) is 6.70. The van der Waals surface area contributed by atoms with Crippen molar-refractivity contribution in [3.05, 3.63) is 12.7 Å². The average molecular weight is 312 g/mol. The van der Waals surface area contributed by atoms with Crippen molar-refractivity contribution >= 4 is 23.8 Å². The van der Waals surface area contributed by atoms with Crippen molar-refractivity contribution in [2.24, 2.45) is 4.99 Å². The van der Waals surface area contributed by atoms with E-state index in [0.29, 0.717) is 29.8 Å². The second kappa shape index (κ2) is 7.73. The lowest BCUT2D eigenvalue weighted by Gasteiger charge is -2.13. The molecule has 0 saturated carbocycles. The van der Waals surface area contributed by atoms with Crippen LogP contribution in [-0.2, 0) is 14.3 Å². The summed E-state index contributed by atoms with van der Waals surface area (Å²) in [6.45, 7) is 5.66. The molecule has 0 aliphatic carbocycles. The Kier molecular flexibility index (Phi) is 5.96. The summed E-state index contributed by atoms with van der Waals surface area (Å²) in [6, 6.07) is 1.32. The number of carbonyl (C=O) groups excluding carboxylic acids is 1. The van der Waals surface area contributed by atoms with Crippen LogP contribution >= 0.6 is 11.8 Å². The Morgan fingerprint density at radius 3 is 3.14 bits per heavy atom. The van der Waals surface area contributed by atoms with Crippen molar-refractivity contribution in [3.8, 4) is 0 Å². The Morgan fingerprint density at radius 1 is 1.62 bits per heavy atom. The third-order valence-electron chi connectivity index (χ3n) is 3.83. The molecule has 6 heteroatoms. The van der Waals surface area contributed by atoms with Crippen LogP contribution in [0.4, 0.5) is 0 Å². The number of hydrogen-bond donors (Lipinski definition) is 1. The van der Waals surface area contributed by atoms with E-state index >= 15 is 0 Å². The first-order valence-electron chi connectivity index (χ1n) is 7.46. The van der Waals surface area contributed by atoms with Crippen molar-refractivity contribution in [3.63, 3.8) is 0 Å². The zero-order chi connectivity index (χ0) is 15.2. The fraction of sp³-hybridized carbons (Fsp3) is 0.733. The molecule has 1 unspecified atom stereocenters. The summed E-state index contributed by atoms with van der Waals surface area (Å²) in [5, 5.41) is 3.87. The van der Waals surface area contributed by atoms with Crippen molar-refractivity contribution in [2.75, 3.05) is 12.9 Å². The maximum Gasteiger partial charge on any atom is 0.305 e. The van der Waals surface area contributed by atoms with Crippen LogP contribution in [-0.4, -0.2) is 48.3 Å². The number of esters is 1. The van der Waals surface area contributed by atoms with Crippen LogP contribution in [0, 0.1) is 0 Å². The van der Waals surface area contributed by atoms with Crippen LogP contribution in [0.3, 0.4) is 0 Å². The minimum Gasteiger partial charge on any atom is -0.469 e. The number of thioether (sulfide) groups is 1. The zero-order valence-corrected chi connectivity index (χ0v) is 13.5. The van der Waals surface area contributed by atoms with Crippen LogP contribution < -0.4 is 5.32 Å². The predicted molar refractivity (Wildman–Crippen MR) is 85.6 cm³/mol. The fourth-order valence-electron chi connectivity index (χ4n) is 2.57. The summed E-state index contributed by atoms with van der Waals surface area (Å²) < 4.78 is 10.3. The highest BCUT2D eigenvalue weighted by molar-refractivity contribution is 8.00. The predicted octanol–water partition coefficient (Wildman–Crippen LogP) is 2.12. The molecule has 2 heterocycles. The van der Waals surface area contributed by atoms with E-state index < -0.39 is 0 Å². The molecular weight excluding hydrogens is 288 g/mol. The summed E-state index contributed by atoms with van der Waals surface area (Å²) in [7, 11) is 1.43. The highest BCUT2D eigenvalue weighted by Crippen LogP contribution is 2.35. The SMILES string of the molecule is C=CC(C)OC1=N[C@H]2[C@H](CS[C@H]2CCCCC(=O)OC)N1. The van der Waals surface area contributed by atoms with E-state index in [-0.39, 0.29) is 12.1 Å². The number of ether oxygens (including phenoxy) is 2. The summed E-state index contributed by atoms with van der Waals surface area (Å²) in [6.07, 6.45) is 5.24. The maximum absolute atomic E-state index is 11.1. The quantitative estimate of drug-likeness (QED) is 0.443. The Hall–Kier alpha value is -1.17. The van der Waals surface area contributed by atoms with Crippen molar-refractivity contribution in [2.45, 2.75) is 56.0 Å². The summed E-state index contributed by atoms with van der Waals surface area (Å²) in [4.78, 5) is 15.8. The first-order valence-corrected chi connectivity index (χ1v) is 8.51. The van der Waals surface area contributed by atoms with Gasteiger partial charge in [-0.05, 0) is 19.8 Å². The number of fused-ring (bicyclic) bond motifs is 1. The second-order valence-electron chi connectivity index (χ2n) is 5.43. The van der Waals surface area contributed by atoms with Crippen molar-refractivity contribution < 1.29 is 14.3 Å². The van der Waals surface area contributed by atoms with Crippen LogP contribution in [0.1, 0.15) is 32.6 Å². The van der Waals surface area contributed by atoms with Crippen LogP contribution in [0.25, 0.3) is 0 Å². The van der Waals surface area contributed by atoms with Gasteiger partial charge in [0.05, 0.1) is 19.2 Å². The molecule has 21 heavy (non-hydrogen) atoms. The van der Waals surface area contributed by atoms with Crippen molar-refractivity contribution in [1.82, 2.24) is 5.32 Å². The topological polar surface area (TPSA) is 59.9 Å². The molecule has 5 nitrogen and oxygen atoms in total. The van der Waals surface area contributed by atoms with Gasteiger partial charge in [0.25, 0.3) is 6.02 Å². The third kappa shape index (κ3) is 4.40. The van der Waals surface area contributed by atoms with E-state index in [9.17, 15) is 4.79 Å². The highest BCUT2D eigenvalue weighted by Gasteiger charge is 2.41. The van der Waals surface area contributed by atoms with Gasteiger partial charge < -0.3 is 14.8 Å². The Labute approximate surface area is 130 Å². The van der Waals surface area contributed by atoms with Gasteiger partial charge in [0, 0.05) is 17.4 Å². The highest BCUT2D eigenvalue weighted by atomic mass is 32.2. The molecule has 0 spiro atoms. The van der Waals surface area contributed by atoms with Gasteiger partial charge in [-0.3, -0.25) is 4.79 Å². The van der Waals surface area contributed by atoms with E-state index in [1.165, 1.54) is 7.11 Å². The van der Waals surface area contributed by atoms with Gasteiger partial charge >= 0.3 is 5.97 Å². The Bertz CT molecular complexity index is 414. The molecule has 0 aromatic heterocycles. The molecule has 0 aromatic rings. The number of nitrogens with zero attached hydrogens (tertiary/aromatic N) is 1. The number of nitrogens with one attached hydrogen (secondary N) is 1. The molecule has 1 N–H and O–H groups in total. The van der Waals surface area contributed by atoms with Gasteiger partial charge in [-0.1, -0.05) is 19.1 Å². The molecule has 1 saturated heterocycles. The minimum absolute atomic E-state index is 0.0266. The fourth-order valence-corrected chi connectivity index (χ4v) is 4.09. The minimum atomic E-state index is -0.124. The van der Waals surface area contributed by atoms with Gasteiger partial charge in [0.1, 0.15) is 6.10 Å². The van der Waals surface area contributed by atoms with Crippen LogP contribution in [0.15, 0.2) is 17.6 Å². The molecule has 2 rings (SSSR count). The van der Waals surface area contributed by atoms with E-state index in [0.717, 1.165) is 25.0 Å². The molecule has 1 fully saturated rings. The van der Waals surface area contributed by atoms with E-state index in [4.69, 9.17) is 4.74 Å². The number of amidine groups is 1. The van der Waals surface area contributed by atoms with Gasteiger partial charge in [-0.2, -0.15) is 11.8 Å². The molecule has 0 radical (unpaired) electrons. The maximum atomic E-state index is 11.1. The summed E-state index contributed by atoms with van der Waals surface area (Å²) in [5.74, 6) is 0.937. The van der Waals surface area contributed by atoms with E-state index in [1.54, 1.807) is 6.08 Å². The largest absolute Gasteiger partial charge is 0.469 e. The Morgan fingerprint density at radius 2 is 2.43 bits per heavy atom.